The maximum atomic E-state index is 13.0. The number of aromatic nitrogens is 2. The second-order valence-electron chi connectivity index (χ2n) is 8.72. The number of imidazole rings is 1. The molecule has 1 N–H and O–H groups in total. The molecule has 3 rings (SSSR count). The van der Waals surface area contributed by atoms with Crippen molar-refractivity contribution in [2.75, 3.05) is 11.1 Å². The third-order valence-corrected chi connectivity index (χ3v) is 6.53. The number of nitrogens with one attached hydrogen (secondary N) is 1. The van der Waals surface area contributed by atoms with Crippen LogP contribution in [0.4, 0.5) is 5.69 Å². The fraction of sp³-hybridized carbons (Fsp3) is 0.417. The van der Waals surface area contributed by atoms with Gasteiger partial charge in [-0.3, -0.25) is 13.9 Å². The van der Waals surface area contributed by atoms with Crippen LogP contribution in [0.15, 0.2) is 46.1 Å². The lowest BCUT2D eigenvalue weighted by Gasteiger charge is -2.19. The highest BCUT2D eigenvalue weighted by Gasteiger charge is 2.17. The Morgan fingerprint density at radius 2 is 1.63 bits per heavy atom. The van der Waals surface area contributed by atoms with Crippen LogP contribution >= 0.6 is 11.8 Å². The van der Waals surface area contributed by atoms with E-state index in [1.165, 1.54) is 5.56 Å². The monoisotopic (exact) mass is 425 g/mol. The Morgan fingerprint density at radius 3 is 2.20 bits per heavy atom. The Hall–Kier alpha value is -2.47. The Labute approximate surface area is 182 Å². The summed E-state index contributed by atoms with van der Waals surface area (Å²) >= 11 is 1.71. The number of rotatable bonds is 6. The minimum Gasteiger partial charge on any atom is -0.321 e. The zero-order valence-corrected chi connectivity index (χ0v) is 19.5. The van der Waals surface area contributed by atoms with Crippen molar-refractivity contribution in [2.24, 2.45) is 14.1 Å². The molecule has 0 aliphatic heterocycles. The van der Waals surface area contributed by atoms with Crippen molar-refractivity contribution in [3.63, 3.8) is 0 Å². The van der Waals surface area contributed by atoms with E-state index in [2.05, 4.69) is 33.0 Å². The maximum absolute atomic E-state index is 13.0. The molecule has 1 heterocycles. The number of hydrogen-bond donors (Lipinski definition) is 1. The van der Waals surface area contributed by atoms with E-state index in [-0.39, 0.29) is 17.0 Å². The number of nitrogens with zero attached hydrogens (tertiary/aromatic N) is 2. The molecule has 3 aromatic rings. The smallest absolute Gasteiger partial charge is 0.321 e. The SMILES string of the molecule is CCCCSc1cc2c(cc1NC(=O)c1ccc(C(C)(C)C)cc1)n(C)c(=O)n2C. The number of fused-ring (bicyclic) bond motifs is 1. The fourth-order valence-corrected chi connectivity index (χ4v) is 4.50. The number of thioether (sulfide) groups is 1. The molecule has 2 aromatic carbocycles. The Morgan fingerprint density at radius 1 is 1.03 bits per heavy atom. The van der Waals surface area contributed by atoms with Crippen LogP contribution in [0.3, 0.4) is 0 Å². The molecule has 0 fully saturated rings. The van der Waals surface area contributed by atoms with Crippen molar-refractivity contribution in [1.82, 2.24) is 9.13 Å². The van der Waals surface area contributed by atoms with E-state index in [0.29, 0.717) is 5.56 Å². The number of hydrogen-bond acceptors (Lipinski definition) is 3. The van der Waals surface area contributed by atoms with Crippen LogP contribution in [0.2, 0.25) is 0 Å². The van der Waals surface area contributed by atoms with Gasteiger partial charge < -0.3 is 5.32 Å². The molecule has 0 spiro atoms. The van der Waals surface area contributed by atoms with Gasteiger partial charge in [0.25, 0.3) is 5.91 Å². The highest BCUT2D eigenvalue weighted by Crippen LogP contribution is 2.32. The topological polar surface area (TPSA) is 56.0 Å². The van der Waals surface area contributed by atoms with E-state index in [1.807, 2.05) is 36.4 Å². The van der Waals surface area contributed by atoms with Crippen molar-refractivity contribution in [1.29, 1.82) is 0 Å². The summed E-state index contributed by atoms with van der Waals surface area (Å²) < 4.78 is 3.26. The van der Waals surface area contributed by atoms with Crippen LogP contribution in [0.1, 0.15) is 56.5 Å². The van der Waals surface area contributed by atoms with Crippen LogP contribution in [-0.2, 0) is 19.5 Å². The number of carbonyl (C=O) groups excluding carboxylic acids is 1. The normalized spacial score (nSPS) is 11.8. The van der Waals surface area contributed by atoms with E-state index in [1.54, 1.807) is 35.0 Å². The molecule has 0 aliphatic rings. The van der Waals surface area contributed by atoms with Gasteiger partial charge in [0, 0.05) is 24.6 Å². The largest absolute Gasteiger partial charge is 0.328 e. The van der Waals surface area contributed by atoms with E-state index < -0.39 is 0 Å². The molecule has 0 atom stereocenters. The summed E-state index contributed by atoms with van der Waals surface area (Å²) in [6.45, 7) is 8.62. The summed E-state index contributed by atoms with van der Waals surface area (Å²) in [5.41, 5.74) is 4.20. The predicted molar refractivity (Wildman–Crippen MR) is 127 cm³/mol. The summed E-state index contributed by atoms with van der Waals surface area (Å²) in [6.07, 6.45) is 2.21. The Kier molecular flexibility index (Phi) is 6.46. The molecule has 30 heavy (non-hydrogen) atoms. The Balaban J connectivity index is 1.96. The average Bonchev–Trinajstić information content (AvgIpc) is 2.91. The summed E-state index contributed by atoms with van der Waals surface area (Å²) in [4.78, 5) is 26.3. The third-order valence-electron chi connectivity index (χ3n) is 5.39. The number of benzene rings is 2. The van der Waals surface area contributed by atoms with Gasteiger partial charge in [-0.15, -0.1) is 11.8 Å². The van der Waals surface area contributed by atoms with Crippen LogP contribution < -0.4 is 11.0 Å². The van der Waals surface area contributed by atoms with Crippen molar-refractivity contribution in [2.45, 2.75) is 50.8 Å². The quantitative estimate of drug-likeness (QED) is 0.430. The highest BCUT2D eigenvalue weighted by molar-refractivity contribution is 7.99. The minimum atomic E-state index is -0.145. The second kappa shape index (κ2) is 8.72. The summed E-state index contributed by atoms with van der Waals surface area (Å²) in [5.74, 6) is 0.819. The first-order valence-electron chi connectivity index (χ1n) is 10.4. The molecule has 6 heteroatoms. The summed E-state index contributed by atoms with van der Waals surface area (Å²) in [5, 5.41) is 3.08. The van der Waals surface area contributed by atoms with E-state index >= 15 is 0 Å². The molecular formula is C24H31N3O2S. The van der Waals surface area contributed by atoms with Crippen molar-refractivity contribution < 1.29 is 4.79 Å². The van der Waals surface area contributed by atoms with E-state index in [9.17, 15) is 9.59 Å². The first kappa shape index (κ1) is 22.2. The lowest BCUT2D eigenvalue weighted by molar-refractivity contribution is 0.102. The maximum Gasteiger partial charge on any atom is 0.328 e. The summed E-state index contributed by atoms with van der Waals surface area (Å²) in [6, 6.07) is 11.7. The van der Waals surface area contributed by atoms with Crippen LogP contribution in [0.25, 0.3) is 11.0 Å². The van der Waals surface area contributed by atoms with Gasteiger partial charge in [0.05, 0.1) is 16.7 Å². The van der Waals surface area contributed by atoms with Gasteiger partial charge in [-0.1, -0.05) is 46.2 Å². The van der Waals surface area contributed by atoms with Crippen molar-refractivity contribution in [3.8, 4) is 0 Å². The molecule has 0 bridgehead atoms. The van der Waals surface area contributed by atoms with Gasteiger partial charge in [0.1, 0.15) is 0 Å². The number of anilines is 1. The molecule has 0 saturated heterocycles. The third kappa shape index (κ3) is 4.48. The number of carbonyl (C=O) groups is 1. The van der Waals surface area contributed by atoms with Gasteiger partial charge in [-0.05, 0) is 47.4 Å². The summed E-state index contributed by atoms with van der Waals surface area (Å²) in [7, 11) is 3.53. The predicted octanol–water partition coefficient (Wildman–Crippen LogP) is 5.32. The number of aryl methyl sites for hydroxylation is 2. The van der Waals surface area contributed by atoms with Crippen LogP contribution in [0.5, 0.6) is 0 Å². The number of amides is 1. The zero-order valence-electron chi connectivity index (χ0n) is 18.7. The van der Waals surface area contributed by atoms with E-state index in [0.717, 1.165) is 40.2 Å². The molecular weight excluding hydrogens is 394 g/mol. The molecule has 160 valence electrons. The molecule has 0 saturated carbocycles. The molecule has 1 aromatic heterocycles. The Bertz CT molecular complexity index is 1120. The van der Waals surface area contributed by atoms with Crippen molar-refractivity contribution >= 4 is 34.4 Å². The average molecular weight is 426 g/mol. The first-order valence-corrected chi connectivity index (χ1v) is 11.4. The molecule has 5 nitrogen and oxygen atoms in total. The molecule has 1 amide bonds. The molecule has 0 unspecified atom stereocenters. The molecule has 0 aliphatic carbocycles. The highest BCUT2D eigenvalue weighted by atomic mass is 32.2. The number of unbranched alkanes of at least 4 members (excludes halogenated alkanes) is 1. The first-order chi connectivity index (χ1) is 14.1. The van der Waals surface area contributed by atoms with Crippen molar-refractivity contribution in [3.05, 3.63) is 58.0 Å². The second-order valence-corrected chi connectivity index (χ2v) is 9.86. The minimum absolute atomic E-state index is 0.0429. The fourth-order valence-electron chi connectivity index (χ4n) is 3.39. The lowest BCUT2D eigenvalue weighted by Crippen LogP contribution is -2.19. The van der Waals surface area contributed by atoms with Gasteiger partial charge in [0.15, 0.2) is 0 Å². The van der Waals surface area contributed by atoms with Crippen LogP contribution in [0, 0.1) is 0 Å². The zero-order chi connectivity index (χ0) is 22.1. The van der Waals surface area contributed by atoms with Gasteiger partial charge in [-0.2, -0.15) is 0 Å². The molecule has 0 radical (unpaired) electrons. The van der Waals surface area contributed by atoms with Gasteiger partial charge in [0.2, 0.25) is 0 Å². The van der Waals surface area contributed by atoms with Crippen LogP contribution in [-0.4, -0.2) is 20.8 Å². The lowest BCUT2D eigenvalue weighted by atomic mass is 9.87. The van der Waals surface area contributed by atoms with Gasteiger partial charge in [-0.25, -0.2) is 4.79 Å². The van der Waals surface area contributed by atoms with E-state index in [4.69, 9.17) is 0 Å². The van der Waals surface area contributed by atoms with Gasteiger partial charge >= 0.3 is 5.69 Å². The standard InChI is InChI=1S/C24H31N3O2S/c1-7-8-13-30-21-15-20-19(26(5)23(29)27(20)6)14-18(21)25-22(28)16-9-11-17(12-10-16)24(2,3)4/h9-12,14-15H,7-8,13H2,1-6H3,(H,25,28).